The van der Waals surface area contributed by atoms with Gasteiger partial charge in [-0.3, -0.25) is 4.99 Å². The first-order chi connectivity index (χ1) is 27.7. The third kappa shape index (κ3) is 7.76. The van der Waals surface area contributed by atoms with Crippen LogP contribution in [0.5, 0.6) is 0 Å². The minimum absolute atomic E-state index is 0. The Balaban J connectivity index is 0.000000214. The van der Waals surface area contributed by atoms with Crippen molar-refractivity contribution in [3.8, 4) is 22.4 Å². The van der Waals surface area contributed by atoms with Crippen molar-refractivity contribution in [1.29, 1.82) is 0 Å². The molecule has 0 fully saturated rings. The molecule has 8 aromatic rings. The van der Waals surface area contributed by atoms with Crippen molar-refractivity contribution in [1.82, 2.24) is 4.98 Å². The van der Waals surface area contributed by atoms with Crippen LogP contribution in [0.3, 0.4) is 0 Å². The fourth-order valence-electron chi connectivity index (χ4n) is 7.53. The molecule has 0 saturated heterocycles. The van der Waals surface area contributed by atoms with Crippen molar-refractivity contribution in [3.05, 3.63) is 186 Å². The topological polar surface area (TPSA) is 38.4 Å². The molecule has 1 aliphatic rings. The minimum Gasteiger partial charge on any atom is 0 e. The summed E-state index contributed by atoms with van der Waals surface area (Å²) in [4.78, 5) is 9.77. The zero-order valence-corrected chi connectivity index (χ0v) is 37.1. The molecule has 0 spiro atoms. The Bertz CT molecular complexity index is 2720. The molecule has 0 bridgehead atoms. The Kier molecular flexibility index (Phi) is 10.1. The molecule has 0 amide bonds. The third-order valence-corrected chi connectivity index (χ3v) is 14.6. The summed E-state index contributed by atoms with van der Waals surface area (Å²) in [5.74, 6) is 6.93. The van der Waals surface area contributed by atoms with Gasteiger partial charge in [0.1, 0.15) is 5.58 Å². The molecule has 6 aromatic carbocycles. The monoisotopic (exact) mass is 972 g/mol. The first-order valence-corrected chi connectivity index (χ1v) is 26.2. The molecule has 281 valence electrons. The number of aromatic nitrogens is 1. The Morgan fingerprint density at radius 3 is 2.23 bits per heavy atom. The van der Waals surface area contributed by atoms with E-state index in [1.165, 1.54) is 38.3 Å². The molecule has 1 radical (unpaired) electrons. The number of fused-ring (bicyclic) bond motifs is 4. The number of para-hydroxylation sites is 2. The summed E-state index contributed by atoms with van der Waals surface area (Å²) in [6.45, 7) is 4.81. The van der Waals surface area contributed by atoms with Crippen LogP contribution >= 0.6 is 0 Å². The van der Waals surface area contributed by atoms with Gasteiger partial charge in [-0.2, -0.15) is 0 Å². The van der Waals surface area contributed by atoms with E-state index in [9.17, 15) is 0 Å². The summed E-state index contributed by atoms with van der Waals surface area (Å²) >= 11 is -1.83. The van der Waals surface area contributed by atoms with Gasteiger partial charge in [-0.05, 0) is 51.1 Å². The maximum Gasteiger partial charge on any atom is 0 e. The molecule has 1 unspecified atom stereocenters. The van der Waals surface area contributed by atoms with Gasteiger partial charge in [0.05, 0.1) is 11.3 Å². The SMILES string of the molecule is CC(C)(C)c1cccc(-c2ccccc2)c1C1C(c2[c-]ccc3c2oc2ccccc23)=Nc2ccccc21.[2H]C([2H])([2H])c1c[c-]c(-c2cc[c]([Ge]([CH3])([CH3])[CH3])cn2)cc1.[Ir]. The molecule has 9 rings (SSSR count). The molecule has 0 N–H and O–H groups in total. The summed E-state index contributed by atoms with van der Waals surface area (Å²) < 4.78 is 29.9. The second-order valence-corrected chi connectivity index (χ2v) is 26.9. The quantitative estimate of drug-likeness (QED) is 0.127. The third-order valence-electron chi connectivity index (χ3n) is 10.4. The van der Waals surface area contributed by atoms with E-state index >= 15 is 0 Å². The number of aryl methyl sites for hydroxylation is 1. The van der Waals surface area contributed by atoms with Crippen molar-refractivity contribution in [2.24, 2.45) is 4.99 Å². The zero-order valence-electron chi connectivity index (χ0n) is 35.6. The van der Waals surface area contributed by atoms with E-state index in [0.717, 1.165) is 50.2 Å². The van der Waals surface area contributed by atoms with Crippen molar-refractivity contribution < 1.29 is 28.6 Å². The largest absolute Gasteiger partial charge is 0 e. The zero-order chi connectivity index (χ0) is 40.8. The first kappa shape index (κ1) is 35.5. The Morgan fingerprint density at radius 2 is 1.52 bits per heavy atom. The number of furan rings is 1. The molecule has 3 nitrogen and oxygen atoms in total. The van der Waals surface area contributed by atoms with Crippen LogP contribution in [0.4, 0.5) is 5.69 Å². The number of pyridine rings is 1. The van der Waals surface area contributed by atoms with E-state index < -0.39 is 20.1 Å². The van der Waals surface area contributed by atoms with Crippen LogP contribution in [0, 0.1) is 19.0 Å². The van der Waals surface area contributed by atoms with Gasteiger partial charge in [-0.25, -0.2) is 0 Å². The summed E-state index contributed by atoms with van der Waals surface area (Å²) in [5, 5.41) is 2.21. The normalized spacial score (nSPS) is 14.8. The van der Waals surface area contributed by atoms with E-state index in [1.54, 1.807) is 12.1 Å². The second kappa shape index (κ2) is 15.9. The molecular weight excluding hydrogens is 921 g/mol. The van der Waals surface area contributed by atoms with Gasteiger partial charge in [0.15, 0.2) is 0 Å². The Labute approximate surface area is 351 Å². The van der Waals surface area contributed by atoms with E-state index in [4.69, 9.17) is 13.5 Å². The predicted octanol–water partition coefficient (Wildman–Crippen LogP) is 13.0. The van der Waals surface area contributed by atoms with Gasteiger partial charge in [0, 0.05) is 31.4 Å². The number of hydrogen-bond acceptors (Lipinski definition) is 3. The standard InChI is InChI=1S/C36H28NO.C15H18GeN.Ir/c1-36(2,3)29-20-12-17-24(23-13-5-4-6-14-23)32(29)33-27-16-7-9-21-30(27)37-34(33)28-19-11-18-26-25-15-8-10-22-31(25)38-35(26)28;1-12-5-7-13(8-6-12)15-10-9-14(11-17-15)16(2,3)4;/h4-18,20-22,33H,1-3H3;5-7,9-11H,1-4H3;/q2*-1;/i;1D3;. The number of aliphatic imine (C=N–C) groups is 1. The van der Waals surface area contributed by atoms with Crippen molar-refractivity contribution in [2.75, 3.05) is 0 Å². The van der Waals surface area contributed by atoms with Gasteiger partial charge >= 0.3 is 110 Å². The van der Waals surface area contributed by atoms with Crippen LogP contribution < -0.4 is 4.40 Å². The second-order valence-electron chi connectivity index (χ2n) is 16.2. The van der Waals surface area contributed by atoms with Crippen LogP contribution in [0.2, 0.25) is 17.3 Å². The van der Waals surface area contributed by atoms with Gasteiger partial charge in [-0.1, -0.05) is 117 Å². The average molecular weight is 971 g/mol. The molecule has 0 saturated carbocycles. The van der Waals surface area contributed by atoms with E-state index in [1.807, 2.05) is 30.5 Å². The molecular formula is C51H46GeIrN2O-2. The van der Waals surface area contributed by atoms with E-state index in [2.05, 4.69) is 152 Å². The van der Waals surface area contributed by atoms with Gasteiger partial charge < -0.3 is 4.42 Å². The van der Waals surface area contributed by atoms with Crippen molar-refractivity contribution >= 4 is 51.0 Å². The molecule has 0 aliphatic carbocycles. The van der Waals surface area contributed by atoms with Crippen LogP contribution in [-0.2, 0) is 25.5 Å². The molecule has 3 heterocycles. The van der Waals surface area contributed by atoms with E-state index in [0.29, 0.717) is 5.56 Å². The van der Waals surface area contributed by atoms with Crippen LogP contribution in [0.25, 0.3) is 44.3 Å². The number of rotatable bonds is 5. The predicted molar refractivity (Wildman–Crippen MR) is 234 cm³/mol. The number of benzene rings is 6. The first-order valence-electron chi connectivity index (χ1n) is 20.4. The number of nitrogens with zero attached hydrogens (tertiary/aromatic N) is 2. The summed E-state index contributed by atoms with van der Waals surface area (Å²) in [7, 11) is 0. The van der Waals surface area contributed by atoms with Crippen LogP contribution in [-0.4, -0.2) is 24.0 Å². The maximum atomic E-state index is 7.35. The summed E-state index contributed by atoms with van der Waals surface area (Å²) in [6, 6.07) is 53.9. The summed E-state index contributed by atoms with van der Waals surface area (Å²) in [6.07, 6.45) is 1.95. The van der Waals surface area contributed by atoms with Crippen molar-refractivity contribution in [2.45, 2.75) is 56.2 Å². The molecule has 2 aromatic heterocycles. The van der Waals surface area contributed by atoms with Gasteiger partial charge in [-0.15, -0.1) is 18.2 Å². The maximum absolute atomic E-state index is 7.35. The molecule has 5 heteroatoms. The smallest absolute Gasteiger partial charge is 0 e. The van der Waals surface area contributed by atoms with Crippen molar-refractivity contribution in [3.63, 3.8) is 0 Å². The summed E-state index contributed by atoms with van der Waals surface area (Å²) in [5.41, 5.74) is 12.9. The minimum atomic E-state index is -2.08. The average Bonchev–Trinajstić information content (AvgIpc) is 3.79. The number of hydrogen-bond donors (Lipinski definition) is 0. The van der Waals surface area contributed by atoms with Gasteiger partial charge in [0.2, 0.25) is 0 Å². The van der Waals surface area contributed by atoms with Crippen LogP contribution in [0.15, 0.2) is 155 Å². The molecule has 1 atom stereocenters. The Morgan fingerprint density at radius 1 is 0.750 bits per heavy atom. The van der Waals surface area contributed by atoms with Crippen LogP contribution in [0.1, 0.15) is 58.6 Å². The fraction of sp³-hybridized carbons (Fsp3) is 0.176. The fourth-order valence-corrected chi connectivity index (χ4v) is 9.70. The van der Waals surface area contributed by atoms with E-state index in [-0.39, 0.29) is 31.4 Å². The molecule has 56 heavy (non-hydrogen) atoms. The Hall–Kier alpha value is -4.87. The van der Waals surface area contributed by atoms with Gasteiger partial charge in [0.25, 0.3) is 0 Å². The molecule has 1 aliphatic heterocycles.